The molecule has 0 aliphatic heterocycles. The molecule has 1 aromatic heterocycles. The molecule has 1 saturated carbocycles. The summed E-state index contributed by atoms with van der Waals surface area (Å²) < 4.78 is 0. The summed E-state index contributed by atoms with van der Waals surface area (Å²) in [5.74, 6) is 0.985. The first kappa shape index (κ1) is 12.0. The fourth-order valence-electron chi connectivity index (χ4n) is 1.64. The number of nitrogens with zero attached hydrogens (tertiary/aromatic N) is 1. The first-order valence-corrected chi connectivity index (χ1v) is 7.05. The third-order valence-corrected chi connectivity index (χ3v) is 3.82. The molecule has 2 rings (SSSR count). The quantitative estimate of drug-likeness (QED) is 0.676. The van der Waals surface area contributed by atoms with Crippen LogP contribution in [-0.4, -0.2) is 31.2 Å². The predicted octanol–water partition coefficient (Wildman–Crippen LogP) is 1.58. The van der Waals surface area contributed by atoms with Crippen LogP contribution in [0.2, 0.25) is 0 Å². The molecule has 0 saturated heterocycles. The highest BCUT2D eigenvalue weighted by atomic mass is 32.1. The summed E-state index contributed by atoms with van der Waals surface area (Å²) in [7, 11) is 0. The van der Waals surface area contributed by atoms with Gasteiger partial charge in [0.15, 0.2) is 0 Å². The lowest BCUT2D eigenvalue weighted by Gasteiger charge is -2.04. The van der Waals surface area contributed by atoms with Crippen molar-refractivity contribution in [3.8, 4) is 0 Å². The molecule has 1 fully saturated rings. The number of hydrogen-bond donors (Lipinski definition) is 2. The Morgan fingerprint density at radius 1 is 1.31 bits per heavy atom. The molecule has 0 atom stereocenters. The molecule has 3 nitrogen and oxygen atoms in total. The van der Waals surface area contributed by atoms with Crippen LogP contribution in [0.1, 0.15) is 23.5 Å². The van der Waals surface area contributed by atoms with Crippen LogP contribution in [0.4, 0.5) is 0 Å². The van der Waals surface area contributed by atoms with Crippen molar-refractivity contribution in [1.29, 1.82) is 0 Å². The van der Waals surface area contributed by atoms with Crippen LogP contribution in [0, 0.1) is 12.8 Å². The average Bonchev–Trinajstić information content (AvgIpc) is 3.00. The lowest BCUT2D eigenvalue weighted by molar-refractivity contribution is 0.589. The fraction of sp³-hybridized carbons (Fsp3) is 0.750. The topological polar surface area (TPSA) is 37.0 Å². The first-order chi connectivity index (χ1) is 7.84. The van der Waals surface area contributed by atoms with Gasteiger partial charge < -0.3 is 10.6 Å². The van der Waals surface area contributed by atoms with E-state index in [0.29, 0.717) is 0 Å². The Kier molecular flexibility index (Phi) is 4.75. The van der Waals surface area contributed by atoms with Gasteiger partial charge in [0.25, 0.3) is 0 Å². The van der Waals surface area contributed by atoms with E-state index in [-0.39, 0.29) is 0 Å². The van der Waals surface area contributed by atoms with Crippen molar-refractivity contribution in [3.63, 3.8) is 0 Å². The Morgan fingerprint density at radius 2 is 2.12 bits per heavy atom. The van der Waals surface area contributed by atoms with Gasteiger partial charge in [0.05, 0.1) is 5.01 Å². The van der Waals surface area contributed by atoms with Gasteiger partial charge in [-0.15, -0.1) is 11.3 Å². The van der Waals surface area contributed by atoms with Gasteiger partial charge >= 0.3 is 0 Å². The largest absolute Gasteiger partial charge is 0.315 e. The van der Waals surface area contributed by atoms with Crippen LogP contribution in [0.25, 0.3) is 0 Å². The average molecular weight is 239 g/mol. The highest BCUT2D eigenvalue weighted by Crippen LogP contribution is 2.27. The van der Waals surface area contributed by atoms with Crippen molar-refractivity contribution >= 4 is 11.3 Å². The molecular weight excluding hydrogens is 218 g/mol. The van der Waals surface area contributed by atoms with Gasteiger partial charge in [-0.1, -0.05) is 0 Å². The Hall–Kier alpha value is -0.450. The van der Waals surface area contributed by atoms with Gasteiger partial charge in [-0.25, -0.2) is 4.98 Å². The molecule has 0 amide bonds. The summed E-state index contributed by atoms with van der Waals surface area (Å²) in [6, 6.07) is 0. The molecule has 1 heterocycles. The number of nitrogens with one attached hydrogen (secondary N) is 2. The van der Waals surface area contributed by atoms with E-state index in [4.69, 9.17) is 0 Å². The Labute approximate surface area is 102 Å². The number of hydrogen-bond acceptors (Lipinski definition) is 4. The molecule has 0 spiro atoms. The van der Waals surface area contributed by atoms with E-state index in [2.05, 4.69) is 27.9 Å². The van der Waals surface area contributed by atoms with Crippen LogP contribution in [0.15, 0.2) is 5.38 Å². The molecule has 16 heavy (non-hydrogen) atoms. The number of aryl methyl sites for hydroxylation is 1. The SMILES string of the molecule is Cc1csc(CCNCCNCC2CC2)n1. The van der Waals surface area contributed by atoms with Crippen LogP contribution in [-0.2, 0) is 6.42 Å². The first-order valence-electron chi connectivity index (χ1n) is 6.17. The third kappa shape index (κ3) is 4.60. The van der Waals surface area contributed by atoms with Crippen LogP contribution in [0.5, 0.6) is 0 Å². The summed E-state index contributed by atoms with van der Waals surface area (Å²) >= 11 is 1.76. The minimum atomic E-state index is 0.985. The summed E-state index contributed by atoms with van der Waals surface area (Å²) in [4.78, 5) is 4.44. The Bertz CT molecular complexity index is 307. The molecule has 1 aliphatic rings. The van der Waals surface area contributed by atoms with E-state index in [0.717, 1.165) is 37.7 Å². The second kappa shape index (κ2) is 6.33. The second-order valence-corrected chi connectivity index (χ2v) is 5.47. The normalized spacial score (nSPS) is 15.6. The predicted molar refractivity (Wildman–Crippen MR) is 69.0 cm³/mol. The summed E-state index contributed by atoms with van der Waals surface area (Å²) in [5, 5.41) is 10.3. The van der Waals surface area contributed by atoms with Gasteiger partial charge in [0, 0.05) is 37.1 Å². The van der Waals surface area contributed by atoms with Gasteiger partial charge in [0.1, 0.15) is 0 Å². The zero-order valence-corrected chi connectivity index (χ0v) is 10.8. The highest BCUT2D eigenvalue weighted by Gasteiger charge is 2.19. The number of aromatic nitrogens is 1. The van der Waals surface area contributed by atoms with E-state index < -0.39 is 0 Å². The van der Waals surface area contributed by atoms with Crippen molar-refractivity contribution in [2.75, 3.05) is 26.2 Å². The van der Waals surface area contributed by atoms with Gasteiger partial charge in [-0.3, -0.25) is 0 Å². The minimum Gasteiger partial charge on any atom is -0.315 e. The molecule has 1 aromatic rings. The minimum absolute atomic E-state index is 0.985. The zero-order chi connectivity index (χ0) is 11.2. The van der Waals surface area contributed by atoms with Crippen molar-refractivity contribution in [2.45, 2.75) is 26.2 Å². The lowest BCUT2D eigenvalue weighted by Crippen LogP contribution is -2.29. The third-order valence-electron chi connectivity index (χ3n) is 2.79. The van der Waals surface area contributed by atoms with Crippen LogP contribution >= 0.6 is 11.3 Å². The Balaban J connectivity index is 1.42. The number of rotatable bonds is 8. The maximum absolute atomic E-state index is 4.44. The van der Waals surface area contributed by atoms with Crippen LogP contribution < -0.4 is 10.6 Å². The van der Waals surface area contributed by atoms with Gasteiger partial charge in [-0.2, -0.15) is 0 Å². The smallest absolute Gasteiger partial charge is 0.0940 e. The van der Waals surface area contributed by atoms with E-state index in [1.165, 1.54) is 24.4 Å². The summed E-state index contributed by atoms with van der Waals surface area (Å²) in [5.41, 5.74) is 1.14. The second-order valence-electron chi connectivity index (χ2n) is 4.53. The molecule has 2 N–H and O–H groups in total. The zero-order valence-electron chi connectivity index (χ0n) is 9.96. The summed E-state index contributed by atoms with van der Waals surface area (Å²) in [6.45, 7) is 6.46. The van der Waals surface area contributed by atoms with Crippen molar-refractivity contribution in [2.24, 2.45) is 5.92 Å². The molecule has 90 valence electrons. The molecule has 1 aliphatic carbocycles. The van der Waals surface area contributed by atoms with Crippen molar-refractivity contribution in [3.05, 3.63) is 16.1 Å². The standard InChI is InChI=1S/C12H21N3S/c1-10-9-16-12(15-10)4-5-13-6-7-14-8-11-2-3-11/h9,11,13-14H,2-8H2,1H3. The van der Waals surface area contributed by atoms with Crippen LogP contribution in [0.3, 0.4) is 0 Å². The molecule has 0 unspecified atom stereocenters. The van der Waals surface area contributed by atoms with E-state index in [1.54, 1.807) is 11.3 Å². The van der Waals surface area contributed by atoms with E-state index in [9.17, 15) is 0 Å². The molecular formula is C12H21N3S. The molecule has 4 heteroatoms. The lowest BCUT2D eigenvalue weighted by atomic mass is 10.4. The van der Waals surface area contributed by atoms with Gasteiger partial charge in [0.2, 0.25) is 0 Å². The summed E-state index contributed by atoms with van der Waals surface area (Å²) in [6.07, 6.45) is 3.93. The van der Waals surface area contributed by atoms with Gasteiger partial charge in [-0.05, 0) is 32.2 Å². The number of thiazole rings is 1. The monoisotopic (exact) mass is 239 g/mol. The highest BCUT2D eigenvalue weighted by molar-refractivity contribution is 7.09. The molecule has 0 radical (unpaired) electrons. The maximum Gasteiger partial charge on any atom is 0.0940 e. The molecule has 0 aromatic carbocycles. The van der Waals surface area contributed by atoms with E-state index in [1.807, 2.05) is 0 Å². The van der Waals surface area contributed by atoms with Crippen molar-refractivity contribution in [1.82, 2.24) is 15.6 Å². The van der Waals surface area contributed by atoms with Crippen molar-refractivity contribution < 1.29 is 0 Å². The van der Waals surface area contributed by atoms with E-state index >= 15 is 0 Å². The molecule has 0 bridgehead atoms. The fourth-order valence-corrected chi connectivity index (χ4v) is 2.42. The Morgan fingerprint density at radius 3 is 2.81 bits per heavy atom. The maximum atomic E-state index is 4.44.